The SMILES string of the molecule is OCc1nnc(-c2ccc(Cl)c(F)c2)n1-c1ccccc1. The number of benzene rings is 2. The van der Waals surface area contributed by atoms with E-state index in [1.54, 1.807) is 10.6 Å². The second-order valence-electron chi connectivity index (χ2n) is 4.40. The van der Waals surface area contributed by atoms with Crippen molar-refractivity contribution in [2.75, 3.05) is 0 Å². The Bertz CT molecular complexity index is 774. The van der Waals surface area contributed by atoms with Crippen LogP contribution in [0.15, 0.2) is 48.5 Å². The summed E-state index contributed by atoms with van der Waals surface area (Å²) in [4.78, 5) is 0. The lowest BCUT2D eigenvalue weighted by atomic mass is 10.2. The molecule has 0 atom stereocenters. The van der Waals surface area contributed by atoms with Crippen molar-refractivity contribution in [3.63, 3.8) is 0 Å². The van der Waals surface area contributed by atoms with Crippen LogP contribution in [0, 0.1) is 5.82 Å². The Balaban J connectivity index is 2.20. The summed E-state index contributed by atoms with van der Waals surface area (Å²) in [6.07, 6.45) is 0. The lowest BCUT2D eigenvalue weighted by molar-refractivity contribution is 0.269. The first kappa shape index (κ1) is 13.7. The van der Waals surface area contributed by atoms with E-state index in [1.807, 2.05) is 30.3 Å². The molecule has 3 aromatic rings. The number of rotatable bonds is 3. The predicted molar refractivity (Wildman–Crippen MR) is 77.7 cm³/mol. The number of hydrogen-bond acceptors (Lipinski definition) is 3. The molecule has 2 aromatic carbocycles. The van der Waals surface area contributed by atoms with E-state index in [2.05, 4.69) is 10.2 Å². The summed E-state index contributed by atoms with van der Waals surface area (Å²) in [5.41, 5.74) is 1.32. The van der Waals surface area contributed by atoms with Gasteiger partial charge in [0.05, 0.1) is 5.02 Å². The van der Waals surface area contributed by atoms with Gasteiger partial charge in [0.2, 0.25) is 0 Å². The summed E-state index contributed by atoms with van der Waals surface area (Å²) in [7, 11) is 0. The number of aliphatic hydroxyl groups excluding tert-OH is 1. The zero-order valence-electron chi connectivity index (χ0n) is 10.9. The van der Waals surface area contributed by atoms with Crippen LogP contribution in [0.5, 0.6) is 0 Å². The number of hydrogen-bond donors (Lipinski definition) is 1. The van der Waals surface area contributed by atoms with Gasteiger partial charge in [-0.3, -0.25) is 4.57 Å². The second-order valence-corrected chi connectivity index (χ2v) is 4.80. The Labute approximate surface area is 125 Å². The molecule has 0 fully saturated rings. The molecule has 1 N–H and O–H groups in total. The van der Waals surface area contributed by atoms with Crippen molar-refractivity contribution in [1.29, 1.82) is 0 Å². The summed E-state index contributed by atoms with van der Waals surface area (Å²) >= 11 is 5.70. The Morgan fingerprint density at radius 2 is 1.86 bits per heavy atom. The molecule has 21 heavy (non-hydrogen) atoms. The minimum absolute atomic E-state index is 0.0481. The van der Waals surface area contributed by atoms with Gasteiger partial charge >= 0.3 is 0 Å². The molecule has 0 spiro atoms. The van der Waals surface area contributed by atoms with Crippen LogP contribution < -0.4 is 0 Å². The van der Waals surface area contributed by atoms with Crippen molar-refractivity contribution in [2.45, 2.75) is 6.61 Å². The van der Waals surface area contributed by atoms with E-state index in [9.17, 15) is 9.50 Å². The van der Waals surface area contributed by atoms with Gasteiger partial charge in [-0.05, 0) is 30.3 Å². The smallest absolute Gasteiger partial charge is 0.168 e. The summed E-state index contributed by atoms with van der Waals surface area (Å²) in [6, 6.07) is 13.8. The third-order valence-electron chi connectivity index (χ3n) is 3.06. The third-order valence-corrected chi connectivity index (χ3v) is 3.37. The van der Waals surface area contributed by atoms with Gasteiger partial charge in [-0.15, -0.1) is 10.2 Å². The Morgan fingerprint density at radius 1 is 1.10 bits per heavy atom. The van der Waals surface area contributed by atoms with Crippen molar-refractivity contribution in [1.82, 2.24) is 14.8 Å². The first-order valence-electron chi connectivity index (χ1n) is 6.26. The highest BCUT2D eigenvalue weighted by atomic mass is 35.5. The third kappa shape index (κ3) is 2.53. The maximum absolute atomic E-state index is 13.6. The fourth-order valence-corrected chi connectivity index (χ4v) is 2.21. The van der Waals surface area contributed by atoms with Crippen LogP contribution in [0.25, 0.3) is 17.1 Å². The highest BCUT2D eigenvalue weighted by Gasteiger charge is 2.15. The molecular formula is C15H11ClFN3O. The van der Waals surface area contributed by atoms with Crippen molar-refractivity contribution in [3.8, 4) is 17.1 Å². The quantitative estimate of drug-likeness (QED) is 0.808. The molecule has 0 unspecified atom stereocenters. The maximum Gasteiger partial charge on any atom is 0.168 e. The van der Waals surface area contributed by atoms with Gasteiger partial charge in [0.15, 0.2) is 11.6 Å². The zero-order valence-corrected chi connectivity index (χ0v) is 11.6. The van der Waals surface area contributed by atoms with Crippen LogP contribution >= 0.6 is 11.6 Å². The van der Waals surface area contributed by atoms with Crippen molar-refractivity contribution in [3.05, 3.63) is 65.2 Å². The molecule has 106 valence electrons. The van der Waals surface area contributed by atoms with Gasteiger partial charge < -0.3 is 5.11 Å². The summed E-state index contributed by atoms with van der Waals surface area (Å²) in [6.45, 7) is -0.266. The molecule has 0 bridgehead atoms. The Morgan fingerprint density at radius 3 is 2.52 bits per heavy atom. The van der Waals surface area contributed by atoms with Gasteiger partial charge in [-0.25, -0.2) is 4.39 Å². The summed E-state index contributed by atoms with van der Waals surface area (Å²) < 4.78 is 15.3. The van der Waals surface area contributed by atoms with Gasteiger partial charge in [0.1, 0.15) is 12.4 Å². The summed E-state index contributed by atoms with van der Waals surface area (Å²) in [5, 5.41) is 17.5. The predicted octanol–water partition coefficient (Wildman–Crippen LogP) is 3.22. The molecule has 1 heterocycles. The first-order valence-corrected chi connectivity index (χ1v) is 6.64. The van der Waals surface area contributed by atoms with E-state index in [1.165, 1.54) is 12.1 Å². The molecule has 0 radical (unpaired) electrons. The fraction of sp³-hybridized carbons (Fsp3) is 0.0667. The van der Waals surface area contributed by atoms with Crippen LogP contribution in [0.2, 0.25) is 5.02 Å². The minimum Gasteiger partial charge on any atom is -0.388 e. The molecule has 0 saturated heterocycles. The van der Waals surface area contributed by atoms with E-state index in [-0.39, 0.29) is 11.6 Å². The average Bonchev–Trinajstić information content (AvgIpc) is 2.95. The standard InChI is InChI=1S/C15H11ClFN3O/c16-12-7-6-10(8-13(12)17)15-19-18-14(9-21)20(15)11-4-2-1-3-5-11/h1-8,21H,9H2. The zero-order chi connectivity index (χ0) is 14.8. The molecular weight excluding hydrogens is 293 g/mol. The lowest BCUT2D eigenvalue weighted by Gasteiger charge is -2.09. The van der Waals surface area contributed by atoms with Crippen molar-refractivity contribution in [2.24, 2.45) is 0 Å². The largest absolute Gasteiger partial charge is 0.388 e. The molecule has 0 aliphatic carbocycles. The Kier molecular flexibility index (Phi) is 3.68. The Hall–Kier alpha value is -2.24. The molecule has 0 amide bonds. The molecule has 0 saturated carbocycles. The number of aromatic nitrogens is 3. The van der Waals surface area contributed by atoms with Crippen molar-refractivity contribution >= 4 is 11.6 Å². The number of para-hydroxylation sites is 1. The molecule has 0 aliphatic heterocycles. The first-order chi connectivity index (χ1) is 10.2. The monoisotopic (exact) mass is 303 g/mol. The molecule has 3 rings (SSSR count). The fourth-order valence-electron chi connectivity index (χ4n) is 2.09. The number of halogens is 2. The van der Waals surface area contributed by atoms with E-state index in [0.29, 0.717) is 17.2 Å². The second kappa shape index (κ2) is 5.63. The minimum atomic E-state index is -0.526. The normalized spacial score (nSPS) is 10.8. The van der Waals surface area contributed by atoms with Crippen LogP contribution in [-0.4, -0.2) is 19.9 Å². The van der Waals surface area contributed by atoms with Crippen LogP contribution in [-0.2, 0) is 6.61 Å². The molecule has 1 aromatic heterocycles. The lowest BCUT2D eigenvalue weighted by Crippen LogP contribution is -2.03. The number of nitrogens with zero attached hydrogens (tertiary/aromatic N) is 3. The molecule has 6 heteroatoms. The topological polar surface area (TPSA) is 50.9 Å². The average molecular weight is 304 g/mol. The van der Waals surface area contributed by atoms with Gasteiger partial charge in [0, 0.05) is 11.3 Å². The highest BCUT2D eigenvalue weighted by Crippen LogP contribution is 2.26. The maximum atomic E-state index is 13.6. The summed E-state index contributed by atoms with van der Waals surface area (Å²) in [5.74, 6) is 0.301. The van der Waals surface area contributed by atoms with Crippen LogP contribution in [0.1, 0.15) is 5.82 Å². The van der Waals surface area contributed by atoms with Crippen LogP contribution in [0.3, 0.4) is 0 Å². The van der Waals surface area contributed by atoms with Gasteiger partial charge in [-0.2, -0.15) is 0 Å². The van der Waals surface area contributed by atoms with E-state index in [0.717, 1.165) is 5.69 Å². The molecule has 0 aliphatic rings. The van der Waals surface area contributed by atoms with Crippen LogP contribution in [0.4, 0.5) is 4.39 Å². The highest BCUT2D eigenvalue weighted by molar-refractivity contribution is 6.30. The van der Waals surface area contributed by atoms with E-state index >= 15 is 0 Å². The molecule has 4 nitrogen and oxygen atoms in total. The van der Waals surface area contributed by atoms with E-state index < -0.39 is 5.82 Å². The van der Waals surface area contributed by atoms with Gasteiger partial charge in [-0.1, -0.05) is 29.8 Å². The number of aliphatic hydroxyl groups is 1. The van der Waals surface area contributed by atoms with Gasteiger partial charge in [0.25, 0.3) is 0 Å². The van der Waals surface area contributed by atoms with Crippen molar-refractivity contribution < 1.29 is 9.50 Å². The van der Waals surface area contributed by atoms with E-state index in [4.69, 9.17) is 11.6 Å².